The first-order valence-electron chi connectivity index (χ1n) is 7.89. The average Bonchev–Trinajstić information content (AvgIpc) is 3.33. The first-order chi connectivity index (χ1) is 12.7. The van der Waals surface area contributed by atoms with Crippen LogP contribution in [0.2, 0.25) is 0 Å². The van der Waals surface area contributed by atoms with E-state index in [4.69, 9.17) is 4.42 Å². The van der Waals surface area contributed by atoms with Crippen molar-refractivity contribution < 1.29 is 9.21 Å². The highest BCUT2D eigenvalue weighted by Crippen LogP contribution is 2.29. The van der Waals surface area contributed by atoms with Crippen LogP contribution in [0.5, 0.6) is 0 Å². The van der Waals surface area contributed by atoms with Gasteiger partial charge in [0.25, 0.3) is 11.1 Å². The first kappa shape index (κ1) is 16.7. The molecule has 0 saturated heterocycles. The van der Waals surface area contributed by atoms with Crippen molar-refractivity contribution in [2.24, 2.45) is 0 Å². The Balaban J connectivity index is 1.46. The molecule has 0 aliphatic heterocycles. The molecule has 8 heteroatoms. The maximum atomic E-state index is 12.6. The molecule has 3 aromatic heterocycles. The summed E-state index contributed by atoms with van der Waals surface area (Å²) in [5.41, 5.74) is 1.57. The van der Waals surface area contributed by atoms with Gasteiger partial charge in [-0.15, -0.1) is 21.5 Å². The van der Waals surface area contributed by atoms with Gasteiger partial charge < -0.3 is 9.73 Å². The van der Waals surface area contributed by atoms with Crippen LogP contribution in [0.25, 0.3) is 21.7 Å². The van der Waals surface area contributed by atoms with Gasteiger partial charge in [0.05, 0.1) is 21.3 Å². The van der Waals surface area contributed by atoms with E-state index in [0.717, 1.165) is 21.5 Å². The Morgan fingerprint density at radius 1 is 1.19 bits per heavy atom. The third-order valence-electron chi connectivity index (χ3n) is 3.69. The van der Waals surface area contributed by atoms with Gasteiger partial charge in [-0.25, -0.2) is 0 Å². The molecule has 0 radical (unpaired) electrons. The van der Waals surface area contributed by atoms with E-state index in [0.29, 0.717) is 11.1 Å². The van der Waals surface area contributed by atoms with Gasteiger partial charge in [0, 0.05) is 11.6 Å². The number of benzene rings is 1. The summed E-state index contributed by atoms with van der Waals surface area (Å²) in [4.78, 5) is 17.8. The molecular formula is C18H14N4O2S2. The molecule has 26 heavy (non-hydrogen) atoms. The van der Waals surface area contributed by atoms with E-state index in [9.17, 15) is 4.79 Å². The highest BCUT2D eigenvalue weighted by atomic mass is 32.2. The lowest BCUT2D eigenvalue weighted by atomic mass is 10.2. The third-order valence-corrected chi connectivity index (χ3v) is 5.48. The van der Waals surface area contributed by atoms with Crippen LogP contribution in [0.1, 0.15) is 6.92 Å². The largest absolute Gasteiger partial charge is 0.410 e. The molecule has 4 rings (SSSR count). The summed E-state index contributed by atoms with van der Waals surface area (Å²) in [6.45, 7) is 1.80. The number of hydrogen-bond acceptors (Lipinski definition) is 7. The fourth-order valence-electron chi connectivity index (χ4n) is 2.41. The topological polar surface area (TPSA) is 80.9 Å². The van der Waals surface area contributed by atoms with E-state index in [1.807, 2.05) is 47.8 Å². The van der Waals surface area contributed by atoms with E-state index in [1.54, 1.807) is 13.1 Å². The monoisotopic (exact) mass is 382 g/mol. The van der Waals surface area contributed by atoms with Crippen LogP contribution < -0.4 is 5.32 Å². The SMILES string of the molecule is CC(Sc1nnc(-c2cccs2)o1)C(=O)Nc1cccc2ncccc12. The summed E-state index contributed by atoms with van der Waals surface area (Å²) >= 11 is 2.76. The molecule has 0 aliphatic rings. The summed E-state index contributed by atoms with van der Waals surface area (Å²) in [5.74, 6) is 0.331. The fraction of sp³-hybridized carbons (Fsp3) is 0.111. The Morgan fingerprint density at radius 2 is 2.12 bits per heavy atom. The van der Waals surface area contributed by atoms with Crippen LogP contribution in [0.3, 0.4) is 0 Å². The Hall–Kier alpha value is -2.71. The van der Waals surface area contributed by atoms with Crippen molar-refractivity contribution in [1.82, 2.24) is 15.2 Å². The molecular weight excluding hydrogens is 368 g/mol. The average molecular weight is 382 g/mol. The van der Waals surface area contributed by atoms with Gasteiger partial charge in [-0.1, -0.05) is 23.9 Å². The summed E-state index contributed by atoms with van der Waals surface area (Å²) in [6, 6.07) is 13.3. The summed E-state index contributed by atoms with van der Waals surface area (Å²) in [6.07, 6.45) is 1.73. The number of fused-ring (bicyclic) bond motifs is 1. The van der Waals surface area contributed by atoms with Crippen LogP contribution in [0, 0.1) is 0 Å². The lowest BCUT2D eigenvalue weighted by molar-refractivity contribution is -0.115. The Labute approximate surface area is 157 Å². The van der Waals surface area contributed by atoms with Crippen molar-refractivity contribution in [3.63, 3.8) is 0 Å². The van der Waals surface area contributed by atoms with Gasteiger partial charge in [0.2, 0.25) is 5.91 Å². The van der Waals surface area contributed by atoms with Gasteiger partial charge in [0.15, 0.2) is 0 Å². The molecule has 130 valence electrons. The zero-order valence-corrected chi connectivity index (χ0v) is 15.4. The number of thiophene rings is 1. The molecule has 3 heterocycles. The smallest absolute Gasteiger partial charge is 0.277 e. The molecule has 0 fully saturated rings. The molecule has 1 amide bonds. The molecule has 4 aromatic rings. The quantitative estimate of drug-likeness (QED) is 0.513. The van der Waals surface area contributed by atoms with Crippen LogP contribution >= 0.6 is 23.1 Å². The van der Waals surface area contributed by atoms with Crippen molar-refractivity contribution in [1.29, 1.82) is 0 Å². The highest BCUT2D eigenvalue weighted by Gasteiger charge is 2.19. The van der Waals surface area contributed by atoms with Gasteiger partial charge in [-0.2, -0.15) is 0 Å². The zero-order valence-electron chi connectivity index (χ0n) is 13.7. The Morgan fingerprint density at radius 3 is 2.96 bits per heavy atom. The van der Waals surface area contributed by atoms with Crippen molar-refractivity contribution >= 4 is 45.6 Å². The third kappa shape index (κ3) is 3.47. The lowest BCUT2D eigenvalue weighted by Crippen LogP contribution is -2.22. The minimum absolute atomic E-state index is 0.137. The summed E-state index contributed by atoms with van der Waals surface area (Å²) in [5, 5.41) is 13.8. The number of thioether (sulfide) groups is 1. The Kier molecular flexibility index (Phi) is 4.68. The lowest BCUT2D eigenvalue weighted by Gasteiger charge is -2.11. The number of nitrogens with zero attached hydrogens (tertiary/aromatic N) is 3. The van der Waals surface area contributed by atoms with E-state index >= 15 is 0 Å². The maximum absolute atomic E-state index is 12.6. The number of pyridine rings is 1. The number of aromatic nitrogens is 3. The second kappa shape index (κ2) is 7.27. The normalized spacial score (nSPS) is 12.2. The summed E-state index contributed by atoms with van der Waals surface area (Å²) in [7, 11) is 0. The molecule has 6 nitrogen and oxygen atoms in total. The fourth-order valence-corrected chi connectivity index (χ4v) is 3.74. The number of anilines is 1. The molecule has 0 saturated carbocycles. The highest BCUT2D eigenvalue weighted by molar-refractivity contribution is 8.00. The molecule has 0 bridgehead atoms. The second-order valence-electron chi connectivity index (χ2n) is 5.48. The van der Waals surface area contributed by atoms with Gasteiger partial charge in [0.1, 0.15) is 0 Å². The maximum Gasteiger partial charge on any atom is 0.277 e. The summed E-state index contributed by atoms with van der Waals surface area (Å²) < 4.78 is 5.63. The first-order valence-corrected chi connectivity index (χ1v) is 9.65. The van der Waals surface area contributed by atoms with E-state index < -0.39 is 5.25 Å². The minimum atomic E-state index is -0.390. The minimum Gasteiger partial charge on any atom is -0.410 e. The van der Waals surface area contributed by atoms with Gasteiger partial charge in [-0.3, -0.25) is 9.78 Å². The number of hydrogen-bond donors (Lipinski definition) is 1. The molecule has 1 N–H and O–H groups in total. The van der Waals surface area contributed by atoms with Gasteiger partial charge in [-0.05, 0) is 42.6 Å². The van der Waals surface area contributed by atoms with Crippen molar-refractivity contribution in [2.45, 2.75) is 17.4 Å². The Bertz CT molecular complexity index is 1040. The molecule has 1 aromatic carbocycles. The van der Waals surface area contributed by atoms with Crippen LogP contribution in [0.15, 0.2) is 63.7 Å². The number of carbonyl (C=O) groups is 1. The van der Waals surface area contributed by atoms with E-state index in [2.05, 4.69) is 20.5 Å². The zero-order chi connectivity index (χ0) is 17.9. The number of rotatable bonds is 5. The molecule has 1 atom stereocenters. The van der Waals surface area contributed by atoms with Crippen molar-refractivity contribution in [3.8, 4) is 10.8 Å². The van der Waals surface area contributed by atoms with E-state index in [-0.39, 0.29) is 5.91 Å². The molecule has 1 unspecified atom stereocenters. The molecule has 0 spiro atoms. The number of amides is 1. The predicted molar refractivity (Wildman–Crippen MR) is 103 cm³/mol. The van der Waals surface area contributed by atoms with Gasteiger partial charge >= 0.3 is 0 Å². The van der Waals surface area contributed by atoms with Crippen LogP contribution in [-0.2, 0) is 4.79 Å². The van der Waals surface area contributed by atoms with Crippen molar-refractivity contribution in [3.05, 3.63) is 54.0 Å². The van der Waals surface area contributed by atoms with Crippen LogP contribution in [-0.4, -0.2) is 26.3 Å². The second-order valence-corrected chi connectivity index (χ2v) is 7.72. The predicted octanol–water partition coefficient (Wildman–Crippen LogP) is 4.47. The standard InChI is InChI=1S/C18H14N4O2S2/c1-11(26-18-22-21-17(24-18)15-8-4-10-25-15)16(23)20-14-7-2-6-13-12(14)5-3-9-19-13/h2-11H,1H3,(H,20,23). The van der Waals surface area contributed by atoms with Crippen LogP contribution in [0.4, 0.5) is 5.69 Å². The van der Waals surface area contributed by atoms with E-state index in [1.165, 1.54) is 23.1 Å². The number of carbonyl (C=O) groups excluding carboxylic acids is 1. The number of nitrogens with one attached hydrogen (secondary N) is 1. The molecule has 0 aliphatic carbocycles. The van der Waals surface area contributed by atoms with Crippen molar-refractivity contribution in [2.75, 3.05) is 5.32 Å².